The quantitative estimate of drug-likeness (QED) is 0.591. The van der Waals surface area contributed by atoms with Crippen molar-refractivity contribution in [3.05, 3.63) is 32.8 Å². The zero-order valence-electron chi connectivity index (χ0n) is 11.5. The third-order valence-electron chi connectivity index (χ3n) is 2.67. The zero-order valence-corrected chi connectivity index (χ0v) is 13.8. The smallest absolute Gasteiger partial charge is 0.260 e. The largest absolute Gasteiger partial charge is 0.289 e. The van der Waals surface area contributed by atoms with Crippen LogP contribution in [0.4, 0.5) is 5.69 Å². The zero-order chi connectivity index (χ0) is 16.2. The molecule has 0 radical (unpaired) electrons. The fourth-order valence-corrected chi connectivity index (χ4v) is 3.89. The predicted molar refractivity (Wildman–Crippen MR) is 81.6 cm³/mol. The number of nitro benzene ring substituents is 1. The molecule has 0 spiro atoms. The number of halogens is 1. The second kappa shape index (κ2) is 7.30. The van der Waals surface area contributed by atoms with Gasteiger partial charge in [0.2, 0.25) is 10.0 Å². The van der Waals surface area contributed by atoms with Gasteiger partial charge in [0.15, 0.2) is 0 Å². The molecule has 1 aromatic carbocycles. The fourth-order valence-electron chi connectivity index (χ4n) is 1.58. The van der Waals surface area contributed by atoms with Crippen LogP contribution >= 0.6 is 11.6 Å². The minimum atomic E-state index is -3.92. The maximum absolute atomic E-state index is 12.1. The SMILES string of the molecule is CCS(=O)CCNS(=O)(=O)c1cc([N+](=O)[O-])c(Cl)cc1C. The van der Waals surface area contributed by atoms with Gasteiger partial charge in [0, 0.05) is 34.9 Å². The molecule has 1 aromatic rings. The standard InChI is InChI=1S/C11H15ClN2O5S2/c1-3-20(17)5-4-13-21(18,19)11-7-10(14(15)16)9(12)6-8(11)2/h6-7,13H,3-5H2,1-2H3. The molecule has 0 heterocycles. The van der Waals surface area contributed by atoms with Gasteiger partial charge >= 0.3 is 0 Å². The van der Waals surface area contributed by atoms with Crippen LogP contribution in [0, 0.1) is 17.0 Å². The Hall–Kier alpha value is -1.03. The van der Waals surface area contributed by atoms with Crippen LogP contribution in [0.3, 0.4) is 0 Å². The van der Waals surface area contributed by atoms with Gasteiger partial charge in [-0.3, -0.25) is 14.3 Å². The number of rotatable bonds is 7. The lowest BCUT2D eigenvalue weighted by Gasteiger charge is -2.09. The molecule has 21 heavy (non-hydrogen) atoms. The van der Waals surface area contributed by atoms with Gasteiger partial charge in [0.1, 0.15) is 5.02 Å². The molecular formula is C11H15ClN2O5S2. The van der Waals surface area contributed by atoms with E-state index in [-0.39, 0.29) is 22.2 Å². The summed E-state index contributed by atoms with van der Waals surface area (Å²) in [5.41, 5.74) is -0.172. The molecule has 0 aromatic heterocycles. The fraction of sp³-hybridized carbons (Fsp3) is 0.455. The van der Waals surface area contributed by atoms with Gasteiger partial charge in [-0.25, -0.2) is 13.1 Å². The van der Waals surface area contributed by atoms with Crippen molar-refractivity contribution in [2.75, 3.05) is 18.1 Å². The summed E-state index contributed by atoms with van der Waals surface area (Å²) in [7, 11) is -5.01. The van der Waals surface area contributed by atoms with Gasteiger partial charge in [-0.1, -0.05) is 18.5 Å². The van der Waals surface area contributed by atoms with Gasteiger partial charge in [-0.15, -0.1) is 0 Å². The summed E-state index contributed by atoms with van der Waals surface area (Å²) in [6.45, 7) is 3.23. The molecular weight excluding hydrogens is 340 g/mol. The first-order valence-electron chi connectivity index (χ1n) is 5.98. The Bertz CT molecular complexity index is 675. The molecule has 0 aliphatic rings. The minimum absolute atomic E-state index is 0.00134. The summed E-state index contributed by atoms with van der Waals surface area (Å²) < 4.78 is 37.8. The summed E-state index contributed by atoms with van der Waals surface area (Å²) in [5, 5.41) is 10.7. The Labute approximate surface area is 130 Å². The minimum Gasteiger partial charge on any atom is -0.260 e. The summed E-state index contributed by atoms with van der Waals surface area (Å²) in [5.74, 6) is 0.623. The van der Waals surface area contributed by atoms with Gasteiger partial charge in [-0.2, -0.15) is 0 Å². The van der Waals surface area contributed by atoms with Crippen LogP contribution in [0.2, 0.25) is 5.02 Å². The molecule has 118 valence electrons. The second-order valence-electron chi connectivity index (χ2n) is 4.16. The lowest BCUT2D eigenvalue weighted by atomic mass is 10.2. The molecule has 0 saturated carbocycles. The van der Waals surface area contributed by atoms with Crippen LogP contribution in [-0.4, -0.2) is 35.6 Å². The molecule has 0 amide bonds. The lowest BCUT2D eigenvalue weighted by Crippen LogP contribution is -2.28. The number of nitro groups is 1. The highest BCUT2D eigenvalue weighted by Gasteiger charge is 2.23. The lowest BCUT2D eigenvalue weighted by molar-refractivity contribution is -0.384. The third-order valence-corrected chi connectivity index (χ3v) is 5.88. The normalized spacial score (nSPS) is 13.1. The van der Waals surface area contributed by atoms with Crippen molar-refractivity contribution in [1.29, 1.82) is 0 Å². The Morgan fingerprint density at radius 2 is 2.05 bits per heavy atom. The number of nitrogens with one attached hydrogen (secondary N) is 1. The van der Waals surface area contributed by atoms with E-state index in [1.165, 1.54) is 13.0 Å². The van der Waals surface area contributed by atoms with Crippen molar-refractivity contribution in [1.82, 2.24) is 4.72 Å². The number of hydrogen-bond acceptors (Lipinski definition) is 5. The van der Waals surface area contributed by atoms with E-state index in [9.17, 15) is 22.7 Å². The molecule has 1 atom stereocenters. The second-order valence-corrected chi connectivity index (χ2v) is 8.16. The van der Waals surface area contributed by atoms with E-state index in [4.69, 9.17) is 11.6 Å². The Morgan fingerprint density at radius 3 is 2.57 bits per heavy atom. The molecule has 10 heteroatoms. The number of benzene rings is 1. The average molecular weight is 355 g/mol. The van der Waals surface area contributed by atoms with E-state index in [1.54, 1.807) is 6.92 Å². The van der Waals surface area contributed by atoms with Crippen molar-refractivity contribution < 1.29 is 17.6 Å². The van der Waals surface area contributed by atoms with Crippen LogP contribution < -0.4 is 4.72 Å². The van der Waals surface area contributed by atoms with Crippen LogP contribution in [-0.2, 0) is 20.8 Å². The number of aryl methyl sites for hydroxylation is 1. The van der Waals surface area contributed by atoms with E-state index in [0.29, 0.717) is 11.3 Å². The highest BCUT2D eigenvalue weighted by molar-refractivity contribution is 7.89. The van der Waals surface area contributed by atoms with Crippen molar-refractivity contribution in [2.45, 2.75) is 18.7 Å². The molecule has 1 unspecified atom stereocenters. The topological polar surface area (TPSA) is 106 Å². The van der Waals surface area contributed by atoms with Crippen molar-refractivity contribution in [2.24, 2.45) is 0 Å². The molecule has 0 aliphatic carbocycles. The van der Waals surface area contributed by atoms with Crippen LogP contribution in [0.5, 0.6) is 0 Å². The van der Waals surface area contributed by atoms with Crippen molar-refractivity contribution in [3.63, 3.8) is 0 Å². The van der Waals surface area contributed by atoms with E-state index >= 15 is 0 Å². The Morgan fingerprint density at radius 1 is 1.43 bits per heavy atom. The first kappa shape index (κ1) is 18.0. The van der Waals surface area contributed by atoms with Gasteiger partial charge < -0.3 is 0 Å². The summed E-state index contributed by atoms with van der Waals surface area (Å²) >= 11 is 5.71. The summed E-state index contributed by atoms with van der Waals surface area (Å²) in [4.78, 5) is 9.87. The molecule has 0 bridgehead atoms. The predicted octanol–water partition coefficient (Wildman–Crippen LogP) is 1.60. The molecule has 0 fully saturated rings. The first-order valence-corrected chi connectivity index (χ1v) is 9.33. The molecule has 1 rings (SSSR count). The van der Waals surface area contributed by atoms with Crippen molar-refractivity contribution in [3.8, 4) is 0 Å². The Balaban J connectivity index is 3.05. The molecule has 1 N–H and O–H groups in total. The third kappa shape index (κ3) is 4.73. The van der Waals surface area contributed by atoms with Crippen molar-refractivity contribution >= 4 is 38.1 Å². The maximum atomic E-state index is 12.1. The van der Waals surface area contributed by atoms with Crippen LogP contribution in [0.1, 0.15) is 12.5 Å². The van der Waals surface area contributed by atoms with E-state index in [2.05, 4.69) is 4.72 Å². The Kier molecular flexibility index (Phi) is 6.26. The first-order chi connectivity index (χ1) is 9.69. The number of sulfonamides is 1. The number of hydrogen-bond donors (Lipinski definition) is 1. The van der Waals surface area contributed by atoms with Crippen LogP contribution in [0.15, 0.2) is 17.0 Å². The highest BCUT2D eigenvalue weighted by atomic mass is 35.5. The van der Waals surface area contributed by atoms with Gasteiger partial charge in [0.25, 0.3) is 5.69 Å². The monoisotopic (exact) mass is 354 g/mol. The number of nitrogens with zero attached hydrogens (tertiary/aromatic N) is 1. The van der Waals surface area contributed by atoms with E-state index in [1.807, 2.05) is 0 Å². The van der Waals surface area contributed by atoms with Crippen LogP contribution in [0.25, 0.3) is 0 Å². The maximum Gasteiger partial charge on any atom is 0.289 e. The van der Waals surface area contributed by atoms with E-state index < -0.39 is 31.4 Å². The molecule has 0 aliphatic heterocycles. The van der Waals surface area contributed by atoms with Gasteiger partial charge in [0.05, 0.1) is 9.82 Å². The summed E-state index contributed by atoms with van der Waals surface area (Å²) in [6, 6.07) is 2.16. The van der Waals surface area contributed by atoms with Gasteiger partial charge in [-0.05, 0) is 18.6 Å². The highest BCUT2D eigenvalue weighted by Crippen LogP contribution is 2.29. The average Bonchev–Trinajstić information content (AvgIpc) is 2.37. The van der Waals surface area contributed by atoms with E-state index in [0.717, 1.165) is 6.07 Å². The summed E-state index contributed by atoms with van der Waals surface area (Å²) in [6.07, 6.45) is 0. The molecule has 7 nitrogen and oxygen atoms in total. The molecule has 0 saturated heterocycles.